The quantitative estimate of drug-likeness (QED) is 0.285. The van der Waals surface area contributed by atoms with Gasteiger partial charge < -0.3 is 14.2 Å². The molecule has 1 amide bonds. The van der Waals surface area contributed by atoms with Gasteiger partial charge in [0.2, 0.25) is 5.13 Å². The van der Waals surface area contributed by atoms with Gasteiger partial charge in [-0.3, -0.25) is 20.2 Å². The summed E-state index contributed by atoms with van der Waals surface area (Å²) in [6.07, 6.45) is 1.34. The van der Waals surface area contributed by atoms with Crippen LogP contribution >= 0.6 is 11.3 Å². The van der Waals surface area contributed by atoms with Gasteiger partial charge in [-0.05, 0) is 18.6 Å². The van der Waals surface area contributed by atoms with E-state index in [0.717, 1.165) is 18.2 Å². The van der Waals surface area contributed by atoms with Crippen molar-refractivity contribution in [2.75, 3.05) is 26.1 Å². The molecule has 10 nitrogen and oxygen atoms in total. The minimum Gasteiger partial charge on any atom is -0.494 e. The Morgan fingerprint density at radius 1 is 1.13 bits per heavy atom. The molecule has 2 aromatic carbocycles. The first kappa shape index (κ1) is 22.0. The van der Waals surface area contributed by atoms with Crippen LogP contribution in [0.5, 0.6) is 17.2 Å². The molecule has 0 atom stereocenters. The zero-order valence-electron chi connectivity index (χ0n) is 16.9. The number of aromatic nitrogens is 2. The Bertz CT molecular complexity index is 1060. The number of hydrogen-bond acceptors (Lipinski definition) is 9. The highest BCUT2D eigenvalue weighted by atomic mass is 32.1. The Kier molecular flexibility index (Phi) is 7.33. The average Bonchev–Trinajstić information content (AvgIpc) is 3.23. The molecule has 31 heavy (non-hydrogen) atoms. The van der Waals surface area contributed by atoms with Gasteiger partial charge in [-0.15, -0.1) is 10.2 Å². The van der Waals surface area contributed by atoms with Gasteiger partial charge in [-0.1, -0.05) is 29.5 Å². The van der Waals surface area contributed by atoms with Crippen molar-refractivity contribution in [1.29, 1.82) is 0 Å². The molecule has 0 aliphatic rings. The molecule has 1 heterocycles. The maximum Gasteiger partial charge on any atom is 0.286 e. The summed E-state index contributed by atoms with van der Waals surface area (Å²) in [4.78, 5) is 23.4. The number of carbonyl (C=O) groups is 1. The second-order valence-electron chi connectivity index (χ2n) is 6.20. The number of hydrogen-bond donors (Lipinski definition) is 1. The molecule has 0 aliphatic carbocycles. The molecule has 0 bridgehead atoms. The van der Waals surface area contributed by atoms with Crippen LogP contribution in [0.4, 0.5) is 10.8 Å². The highest BCUT2D eigenvalue weighted by molar-refractivity contribution is 7.15. The van der Waals surface area contributed by atoms with E-state index in [-0.39, 0.29) is 22.2 Å². The molecule has 11 heteroatoms. The predicted octanol–water partition coefficient (Wildman–Crippen LogP) is 3.73. The summed E-state index contributed by atoms with van der Waals surface area (Å²) in [7, 11) is 2.74. The largest absolute Gasteiger partial charge is 0.494 e. The number of para-hydroxylation sites is 1. The van der Waals surface area contributed by atoms with Crippen LogP contribution in [0.3, 0.4) is 0 Å². The van der Waals surface area contributed by atoms with Gasteiger partial charge in [0.25, 0.3) is 11.6 Å². The van der Waals surface area contributed by atoms with Crippen molar-refractivity contribution in [1.82, 2.24) is 10.2 Å². The summed E-state index contributed by atoms with van der Waals surface area (Å²) in [5.74, 6) is 0.461. The minimum absolute atomic E-state index is 0.154. The van der Waals surface area contributed by atoms with Crippen molar-refractivity contribution in [3.8, 4) is 17.2 Å². The van der Waals surface area contributed by atoms with Crippen LogP contribution in [0.1, 0.15) is 21.8 Å². The fourth-order valence-corrected chi connectivity index (χ4v) is 3.48. The van der Waals surface area contributed by atoms with Crippen LogP contribution in [0.15, 0.2) is 42.5 Å². The number of rotatable bonds is 10. The van der Waals surface area contributed by atoms with E-state index in [4.69, 9.17) is 14.2 Å². The van der Waals surface area contributed by atoms with E-state index in [0.29, 0.717) is 18.0 Å². The molecule has 0 unspecified atom stereocenters. The number of ether oxygens (including phenoxy) is 3. The number of carbonyl (C=O) groups excluding carboxylic acids is 1. The topological polar surface area (TPSA) is 126 Å². The van der Waals surface area contributed by atoms with Crippen LogP contribution in [0.25, 0.3) is 0 Å². The van der Waals surface area contributed by atoms with Crippen molar-refractivity contribution >= 4 is 28.1 Å². The van der Waals surface area contributed by atoms with E-state index >= 15 is 0 Å². The summed E-state index contributed by atoms with van der Waals surface area (Å²) < 4.78 is 15.8. The summed E-state index contributed by atoms with van der Waals surface area (Å²) in [6, 6.07) is 11.9. The first-order valence-electron chi connectivity index (χ1n) is 9.23. The Hall–Kier alpha value is -3.73. The number of nitro groups is 1. The molecule has 0 radical (unpaired) electrons. The number of methoxy groups -OCH3 is 2. The first-order chi connectivity index (χ1) is 15.0. The van der Waals surface area contributed by atoms with Gasteiger partial charge in [0.05, 0.1) is 31.8 Å². The molecule has 1 aromatic heterocycles. The van der Waals surface area contributed by atoms with Gasteiger partial charge in [0.1, 0.15) is 16.3 Å². The zero-order chi connectivity index (χ0) is 22.2. The molecule has 0 saturated heterocycles. The second kappa shape index (κ2) is 10.3. The van der Waals surface area contributed by atoms with Crippen LogP contribution in [0, 0.1) is 10.1 Å². The summed E-state index contributed by atoms with van der Waals surface area (Å²) in [5, 5.41) is 22.9. The van der Waals surface area contributed by atoms with Crippen molar-refractivity contribution < 1.29 is 23.9 Å². The molecule has 3 aromatic rings. The van der Waals surface area contributed by atoms with Gasteiger partial charge >= 0.3 is 0 Å². The number of nitrogens with zero attached hydrogens (tertiary/aromatic N) is 3. The summed E-state index contributed by atoms with van der Waals surface area (Å²) in [6.45, 7) is 0.517. The lowest BCUT2D eigenvalue weighted by Gasteiger charge is -2.10. The number of nitro benzene ring substituents is 1. The smallest absolute Gasteiger partial charge is 0.286 e. The highest BCUT2D eigenvalue weighted by Crippen LogP contribution is 2.35. The van der Waals surface area contributed by atoms with Gasteiger partial charge in [-0.2, -0.15) is 0 Å². The fourth-order valence-electron chi connectivity index (χ4n) is 2.70. The fraction of sp³-hybridized carbons (Fsp3) is 0.250. The Morgan fingerprint density at radius 2 is 1.84 bits per heavy atom. The van der Waals surface area contributed by atoms with Gasteiger partial charge in [0.15, 0.2) is 11.5 Å². The van der Waals surface area contributed by atoms with Crippen molar-refractivity contribution in [3.63, 3.8) is 0 Å². The van der Waals surface area contributed by atoms with E-state index in [1.165, 1.54) is 31.6 Å². The van der Waals surface area contributed by atoms with Crippen LogP contribution in [0.2, 0.25) is 0 Å². The molecular formula is C20H20N4O6S. The normalized spacial score (nSPS) is 10.4. The van der Waals surface area contributed by atoms with E-state index in [2.05, 4.69) is 15.5 Å². The summed E-state index contributed by atoms with van der Waals surface area (Å²) in [5.41, 5.74) is -0.575. The van der Waals surface area contributed by atoms with E-state index in [9.17, 15) is 14.9 Å². The molecule has 3 rings (SSSR count). The Labute approximate surface area is 181 Å². The van der Waals surface area contributed by atoms with Crippen molar-refractivity contribution in [2.45, 2.75) is 12.8 Å². The maximum atomic E-state index is 12.6. The third-order valence-electron chi connectivity index (χ3n) is 4.18. The molecular weight excluding hydrogens is 424 g/mol. The second-order valence-corrected chi connectivity index (χ2v) is 7.26. The number of amides is 1. The number of anilines is 1. The standard InChI is InChI=1S/C20H20N4O6S/c1-28-16-11-14(15(24(26)27)12-17(16)29-2)19(25)21-20-23-22-18(31-20)9-6-10-30-13-7-4-3-5-8-13/h3-5,7-8,11-12H,6,9-10H2,1-2H3,(H,21,23,25). The van der Waals surface area contributed by atoms with Gasteiger partial charge in [-0.25, -0.2) is 0 Å². The third-order valence-corrected chi connectivity index (χ3v) is 5.08. The summed E-state index contributed by atoms with van der Waals surface area (Å²) >= 11 is 1.20. The Morgan fingerprint density at radius 3 is 2.52 bits per heavy atom. The SMILES string of the molecule is COc1cc(C(=O)Nc2nnc(CCCOc3ccccc3)s2)c([N+](=O)[O-])cc1OC. The zero-order valence-corrected chi connectivity index (χ0v) is 17.7. The molecule has 162 valence electrons. The molecule has 0 spiro atoms. The molecule has 0 aliphatic heterocycles. The van der Waals surface area contributed by atoms with Gasteiger partial charge in [0, 0.05) is 12.5 Å². The monoisotopic (exact) mass is 444 g/mol. The third kappa shape index (κ3) is 5.66. The lowest BCUT2D eigenvalue weighted by atomic mass is 10.1. The number of nitrogens with one attached hydrogen (secondary N) is 1. The first-order valence-corrected chi connectivity index (χ1v) is 10.1. The number of aryl methyl sites for hydroxylation is 1. The Balaban J connectivity index is 1.62. The number of benzene rings is 2. The maximum absolute atomic E-state index is 12.6. The van der Waals surface area contributed by atoms with Crippen LogP contribution < -0.4 is 19.5 Å². The highest BCUT2D eigenvalue weighted by Gasteiger charge is 2.25. The van der Waals surface area contributed by atoms with Crippen molar-refractivity contribution in [2.24, 2.45) is 0 Å². The minimum atomic E-state index is -0.692. The average molecular weight is 444 g/mol. The molecule has 0 fully saturated rings. The van der Waals surface area contributed by atoms with Crippen LogP contribution in [-0.4, -0.2) is 41.9 Å². The molecule has 1 N–H and O–H groups in total. The van der Waals surface area contributed by atoms with E-state index in [1.54, 1.807) is 0 Å². The molecule has 0 saturated carbocycles. The van der Waals surface area contributed by atoms with Crippen LogP contribution in [-0.2, 0) is 6.42 Å². The predicted molar refractivity (Wildman–Crippen MR) is 114 cm³/mol. The van der Waals surface area contributed by atoms with E-state index in [1.807, 2.05) is 30.3 Å². The lowest BCUT2D eigenvalue weighted by molar-refractivity contribution is -0.385. The van der Waals surface area contributed by atoms with E-state index < -0.39 is 16.5 Å². The van der Waals surface area contributed by atoms with Crippen molar-refractivity contribution in [3.05, 3.63) is 63.1 Å². The lowest BCUT2D eigenvalue weighted by Crippen LogP contribution is -2.14.